The Hall–Kier alpha value is -2.36. The Morgan fingerprint density at radius 1 is 1.09 bits per heavy atom. The Morgan fingerprint density at radius 3 is 2.68 bits per heavy atom. The SMILES string of the molecule is CCCCc1cc(=O)n2c3c1c(=O)c1ccccc1n3CC2. The van der Waals surface area contributed by atoms with Crippen LogP contribution in [0.4, 0.5) is 0 Å². The molecule has 2 aromatic heterocycles. The molecule has 1 aliphatic rings. The molecule has 0 amide bonds. The molecule has 0 saturated carbocycles. The van der Waals surface area contributed by atoms with Crippen molar-refractivity contribution in [2.45, 2.75) is 39.3 Å². The smallest absolute Gasteiger partial charge is 0.252 e. The minimum absolute atomic E-state index is 0.0135. The van der Waals surface area contributed by atoms with E-state index in [-0.39, 0.29) is 11.0 Å². The van der Waals surface area contributed by atoms with E-state index in [4.69, 9.17) is 0 Å². The molecular weight excluding hydrogens is 276 g/mol. The van der Waals surface area contributed by atoms with Gasteiger partial charge in [0.05, 0.1) is 10.9 Å². The Bertz CT molecular complexity index is 1010. The number of aryl methyl sites for hydroxylation is 3. The van der Waals surface area contributed by atoms with E-state index in [1.165, 1.54) is 0 Å². The van der Waals surface area contributed by atoms with E-state index < -0.39 is 0 Å². The van der Waals surface area contributed by atoms with Crippen LogP contribution in [-0.4, -0.2) is 9.13 Å². The van der Waals surface area contributed by atoms with Gasteiger partial charge in [-0.1, -0.05) is 25.5 Å². The lowest BCUT2D eigenvalue weighted by atomic mass is 10.0. The van der Waals surface area contributed by atoms with Crippen molar-refractivity contribution in [2.24, 2.45) is 0 Å². The third kappa shape index (κ3) is 1.70. The normalized spacial score (nSPS) is 13.3. The van der Waals surface area contributed by atoms with E-state index in [0.717, 1.165) is 53.3 Å². The third-order valence-corrected chi connectivity index (χ3v) is 4.63. The monoisotopic (exact) mass is 294 g/mol. The van der Waals surface area contributed by atoms with Gasteiger partial charge in [0.15, 0.2) is 5.43 Å². The number of hydrogen-bond acceptors (Lipinski definition) is 2. The molecule has 4 heteroatoms. The van der Waals surface area contributed by atoms with Crippen molar-refractivity contribution >= 4 is 21.9 Å². The highest BCUT2D eigenvalue weighted by atomic mass is 16.1. The number of fused-ring (bicyclic) bond motifs is 2. The van der Waals surface area contributed by atoms with Crippen LogP contribution in [0.25, 0.3) is 21.9 Å². The van der Waals surface area contributed by atoms with Crippen molar-refractivity contribution < 1.29 is 0 Å². The number of nitrogens with zero attached hydrogens (tertiary/aromatic N) is 2. The molecule has 0 unspecified atom stereocenters. The van der Waals surface area contributed by atoms with E-state index in [1.807, 2.05) is 24.3 Å². The van der Waals surface area contributed by atoms with Crippen LogP contribution >= 0.6 is 0 Å². The van der Waals surface area contributed by atoms with E-state index in [1.54, 1.807) is 10.6 Å². The Labute approximate surface area is 127 Å². The van der Waals surface area contributed by atoms with Crippen LogP contribution in [0.1, 0.15) is 25.3 Å². The van der Waals surface area contributed by atoms with Crippen LogP contribution < -0.4 is 11.0 Å². The van der Waals surface area contributed by atoms with Gasteiger partial charge >= 0.3 is 0 Å². The summed E-state index contributed by atoms with van der Waals surface area (Å²) in [6.45, 7) is 3.52. The van der Waals surface area contributed by atoms with Crippen molar-refractivity contribution in [1.29, 1.82) is 0 Å². The first-order chi connectivity index (χ1) is 10.7. The molecule has 0 spiro atoms. The minimum Gasteiger partial charge on any atom is -0.325 e. The minimum atomic E-state index is 0.0135. The molecule has 0 atom stereocenters. The second-order valence-electron chi connectivity index (χ2n) is 5.96. The number of para-hydroxylation sites is 1. The van der Waals surface area contributed by atoms with Crippen LogP contribution in [-0.2, 0) is 19.5 Å². The molecular formula is C18H18N2O2. The van der Waals surface area contributed by atoms with Gasteiger partial charge in [-0.05, 0) is 30.5 Å². The van der Waals surface area contributed by atoms with Crippen molar-refractivity contribution in [2.75, 3.05) is 0 Å². The fraction of sp³-hybridized carbons (Fsp3) is 0.333. The molecule has 0 radical (unpaired) electrons. The van der Waals surface area contributed by atoms with Crippen molar-refractivity contribution in [3.63, 3.8) is 0 Å². The molecule has 0 fully saturated rings. The summed E-state index contributed by atoms with van der Waals surface area (Å²) in [5, 5.41) is 1.49. The first-order valence-electron chi connectivity index (χ1n) is 7.90. The first kappa shape index (κ1) is 13.3. The predicted octanol–water partition coefficient (Wildman–Crippen LogP) is 2.67. The largest absolute Gasteiger partial charge is 0.325 e. The van der Waals surface area contributed by atoms with Crippen LogP contribution in [0, 0.1) is 0 Å². The summed E-state index contributed by atoms with van der Waals surface area (Å²) in [5.41, 5.74) is 2.72. The average Bonchev–Trinajstić information content (AvgIpc) is 2.98. The molecule has 0 bridgehead atoms. The average molecular weight is 294 g/mol. The molecule has 3 heterocycles. The van der Waals surface area contributed by atoms with Gasteiger partial charge in [-0.15, -0.1) is 0 Å². The molecule has 1 aliphatic heterocycles. The Kier molecular flexibility index (Phi) is 2.93. The number of aromatic nitrogens is 2. The zero-order valence-corrected chi connectivity index (χ0v) is 12.6. The number of benzene rings is 1. The summed E-state index contributed by atoms with van der Waals surface area (Å²) < 4.78 is 3.88. The van der Waals surface area contributed by atoms with Crippen molar-refractivity contribution in [3.05, 3.63) is 56.5 Å². The molecule has 0 saturated heterocycles. The van der Waals surface area contributed by atoms with Gasteiger partial charge in [-0.3, -0.25) is 14.2 Å². The summed E-state index contributed by atoms with van der Waals surface area (Å²) in [6, 6.07) is 9.37. The highest BCUT2D eigenvalue weighted by Gasteiger charge is 2.22. The van der Waals surface area contributed by atoms with E-state index in [9.17, 15) is 9.59 Å². The number of unbranched alkanes of at least 4 members (excludes halogenated alkanes) is 1. The predicted molar refractivity (Wildman–Crippen MR) is 88.6 cm³/mol. The summed E-state index contributed by atoms with van der Waals surface area (Å²) in [4.78, 5) is 25.4. The molecule has 4 rings (SSSR count). The summed E-state index contributed by atoms with van der Waals surface area (Å²) in [5.74, 6) is 0. The van der Waals surface area contributed by atoms with Gasteiger partial charge in [0.2, 0.25) is 0 Å². The quantitative estimate of drug-likeness (QED) is 0.697. The van der Waals surface area contributed by atoms with Gasteiger partial charge in [-0.25, -0.2) is 0 Å². The standard InChI is InChI=1S/C18H18N2O2/c1-2-3-6-12-11-15(21)20-10-9-19-14-8-5-4-7-13(14)17(22)16(12)18(19)20/h4-5,7-8,11H,2-3,6,9-10H2,1H3. The molecule has 3 aromatic rings. The van der Waals surface area contributed by atoms with E-state index >= 15 is 0 Å². The molecule has 4 nitrogen and oxygen atoms in total. The Morgan fingerprint density at radius 2 is 1.86 bits per heavy atom. The summed E-state index contributed by atoms with van der Waals surface area (Å²) in [7, 11) is 0. The maximum Gasteiger partial charge on any atom is 0.252 e. The first-order valence-corrected chi connectivity index (χ1v) is 7.90. The van der Waals surface area contributed by atoms with Gasteiger partial charge in [-0.2, -0.15) is 0 Å². The fourth-order valence-electron chi connectivity index (χ4n) is 3.57. The van der Waals surface area contributed by atoms with Gasteiger partial charge in [0, 0.05) is 24.5 Å². The molecule has 0 aliphatic carbocycles. The second kappa shape index (κ2) is 4.83. The van der Waals surface area contributed by atoms with Crippen LogP contribution in [0.2, 0.25) is 0 Å². The highest BCUT2D eigenvalue weighted by Crippen LogP contribution is 2.25. The lowest BCUT2D eigenvalue weighted by molar-refractivity contribution is 0.680. The summed E-state index contributed by atoms with van der Waals surface area (Å²) in [6.07, 6.45) is 2.83. The molecule has 112 valence electrons. The molecule has 1 aromatic carbocycles. The molecule has 0 N–H and O–H groups in total. The van der Waals surface area contributed by atoms with Crippen molar-refractivity contribution in [1.82, 2.24) is 9.13 Å². The zero-order valence-electron chi connectivity index (χ0n) is 12.6. The zero-order chi connectivity index (χ0) is 15.3. The third-order valence-electron chi connectivity index (χ3n) is 4.63. The maximum atomic E-state index is 13.0. The lowest BCUT2D eigenvalue weighted by Crippen LogP contribution is -2.21. The lowest BCUT2D eigenvalue weighted by Gasteiger charge is -2.12. The molecule has 22 heavy (non-hydrogen) atoms. The van der Waals surface area contributed by atoms with Crippen molar-refractivity contribution in [3.8, 4) is 0 Å². The van der Waals surface area contributed by atoms with Crippen LogP contribution in [0.5, 0.6) is 0 Å². The maximum absolute atomic E-state index is 13.0. The summed E-state index contributed by atoms with van der Waals surface area (Å²) >= 11 is 0. The topological polar surface area (TPSA) is 44.0 Å². The highest BCUT2D eigenvalue weighted by molar-refractivity contribution is 5.94. The van der Waals surface area contributed by atoms with Gasteiger partial charge < -0.3 is 4.57 Å². The fourth-order valence-corrected chi connectivity index (χ4v) is 3.57. The van der Waals surface area contributed by atoms with Crippen LogP contribution in [0.3, 0.4) is 0 Å². The Balaban J connectivity index is 2.23. The van der Waals surface area contributed by atoms with Crippen LogP contribution in [0.15, 0.2) is 39.9 Å². The van der Waals surface area contributed by atoms with Gasteiger partial charge in [0.25, 0.3) is 5.56 Å². The number of rotatable bonds is 3. The van der Waals surface area contributed by atoms with E-state index in [2.05, 4.69) is 11.5 Å². The van der Waals surface area contributed by atoms with Gasteiger partial charge in [0.1, 0.15) is 5.65 Å². The number of pyridine rings is 2. The number of hydrogen-bond donors (Lipinski definition) is 0. The second-order valence-corrected chi connectivity index (χ2v) is 5.96. The van der Waals surface area contributed by atoms with E-state index in [0.29, 0.717) is 6.54 Å².